The highest BCUT2D eigenvalue weighted by Gasteiger charge is 2.80. The molecule has 314 valence electrons. The zero-order valence-corrected chi connectivity index (χ0v) is 35.1. The maximum atomic E-state index is 15.6. The summed E-state index contributed by atoms with van der Waals surface area (Å²) in [7, 11) is 6.22. The molecule has 6 aliphatic heterocycles. The Morgan fingerprint density at radius 2 is 1.78 bits per heavy atom. The Labute approximate surface area is 344 Å². The van der Waals surface area contributed by atoms with Crippen LogP contribution in [0.1, 0.15) is 68.8 Å². The van der Waals surface area contributed by atoms with E-state index in [1.807, 2.05) is 37.1 Å². The van der Waals surface area contributed by atoms with Gasteiger partial charge in [-0.1, -0.05) is 44.2 Å². The zero-order chi connectivity index (χ0) is 41.4. The van der Waals surface area contributed by atoms with Gasteiger partial charge in [-0.05, 0) is 61.9 Å². The number of rotatable bonds is 7. The number of anilines is 1. The van der Waals surface area contributed by atoms with Crippen molar-refractivity contribution in [3.8, 4) is 5.75 Å². The van der Waals surface area contributed by atoms with Gasteiger partial charge in [-0.15, -0.1) is 0 Å². The molecule has 7 heterocycles. The first kappa shape index (κ1) is 38.8. The first-order valence-electron chi connectivity index (χ1n) is 21.3. The third kappa shape index (κ3) is 4.62. The average molecular weight is 809 g/mol. The fourth-order valence-corrected chi connectivity index (χ4v) is 14.1. The van der Waals surface area contributed by atoms with Gasteiger partial charge in [-0.2, -0.15) is 0 Å². The zero-order valence-electron chi connectivity index (χ0n) is 35.1. The van der Waals surface area contributed by atoms with Gasteiger partial charge in [-0.3, -0.25) is 19.4 Å². The Balaban J connectivity index is 1.31. The van der Waals surface area contributed by atoms with Gasteiger partial charge >= 0.3 is 17.9 Å². The summed E-state index contributed by atoms with van der Waals surface area (Å²) < 4.78 is 31.6. The molecule has 3 aromatic rings. The van der Waals surface area contributed by atoms with E-state index < -0.39 is 63.6 Å². The molecule has 1 spiro atoms. The molecule has 1 aliphatic carbocycles. The van der Waals surface area contributed by atoms with Crippen molar-refractivity contribution in [3.05, 3.63) is 70.9 Å². The second-order valence-electron chi connectivity index (χ2n) is 18.3. The average Bonchev–Trinajstić information content (AvgIpc) is 3.97. The van der Waals surface area contributed by atoms with Crippen LogP contribution in [0.5, 0.6) is 5.75 Å². The minimum absolute atomic E-state index is 0.00603. The quantitative estimate of drug-likeness (QED) is 0.203. The SMILES string of the molecule is CCC12CC3CN(CCc4c([nH]c5ccccc45)C(C(=O)OC)(c4cc5c(cc4OC)N(C)C4C(O)(C(=O)OC)C(OC(C)=O)C6(CC)C=CCN7CCC54C76)C3O1)C2. The summed E-state index contributed by atoms with van der Waals surface area (Å²) in [6, 6.07) is 11.1. The van der Waals surface area contributed by atoms with Crippen molar-refractivity contribution in [3.63, 3.8) is 0 Å². The van der Waals surface area contributed by atoms with Gasteiger partial charge < -0.3 is 38.7 Å². The Hall–Kier alpha value is -4.43. The van der Waals surface area contributed by atoms with E-state index in [4.69, 9.17) is 23.7 Å². The Bertz CT molecular complexity index is 2310. The van der Waals surface area contributed by atoms with Crippen molar-refractivity contribution in [1.29, 1.82) is 0 Å². The maximum absolute atomic E-state index is 15.6. The predicted molar refractivity (Wildman–Crippen MR) is 218 cm³/mol. The van der Waals surface area contributed by atoms with E-state index in [0.29, 0.717) is 43.7 Å². The van der Waals surface area contributed by atoms with E-state index >= 15 is 4.79 Å². The van der Waals surface area contributed by atoms with Crippen LogP contribution in [0.15, 0.2) is 48.6 Å². The van der Waals surface area contributed by atoms with Crippen LogP contribution >= 0.6 is 0 Å². The van der Waals surface area contributed by atoms with Gasteiger partial charge in [0.15, 0.2) is 11.5 Å². The fraction of sp³-hybridized carbons (Fsp3) is 0.587. The molecule has 4 fully saturated rings. The van der Waals surface area contributed by atoms with Crippen molar-refractivity contribution >= 4 is 34.5 Å². The number of nitrogens with one attached hydrogen (secondary N) is 1. The fourth-order valence-electron chi connectivity index (χ4n) is 14.1. The Morgan fingerprint density at radius 1 is 1.00 bits per heavy atom. The number of aromatic amines is 1. The summed E-state index contributed by atoms with van der Waals surface area (Å²) in [5.41, 5.74) is -1.16. The number of carbonyl (C=O) groups excluding carboxylic acids is 3. The molecule has 10 rings (SSSR count). The monoisotopic (exact) mass is 808 g/mol. The lowest BCUT2D eigenvalue weighted by Gasteiger charge is -2.63. The number of fused-ring (bicyclic) bond motifs is 6. The summed E-state index contributed by atoms with van der Waals surface area (Å²) in [5, 5.41) is 14.4. The van der Waals surface area contributed by atoms with Crippen LogP contribution in [0.25, 0.3) is 10.9 Å². The molecular formula is C46H56N4O9. The molecule has 0 radical (unpaired) electrons. The number of hydrogen-bond donors (Lipinski definition) is 2. The lowest BCUT2D eigenvalue weighted by Crippen LogP contribution is -2.81. The number of H-pyrrole nitrogens is 1. The van der Waals surface area contributed by atoms with Gasteiger partial charge in [0.25, 0.3) is 0 Å². The van der Waals surface area contributed by atoms with Crippen molar-refractivity contribution in [1.82, 2.24) is 14.8 Å². The summed E-state index contributed by atoms with van der Waals surface area (Å²) >= 11 is 0. The number of aromatic nitrogens is 1. The number of nitrogens with zero attached hydrogens (tertiary/aromatic N) is 3. The van der Waals surface area contributed by atoms with Crippen LogP contribution in [0.4, 0.5) is 5.69 Å². The summed E-state index contributed by atoms with van der Waals surface area (Å²) in [6.07, 6.45) is 5.62. The molecule has 7 aliphatic rings. The van der Waals surface area contributed by atoms with Crippen LogP contribution in [-0.4, -0.2) is 134 Å². The number of piperidine rings is 1. The van der Waals surface area contributed by atoms with Crippen molar-refractivity contribution in [2.45, 2.75) is 99.2 Å². The van der Waals surface area contributed by atoms with E-state index in [-0.39, 0.29) is 12.0 Å². The highest BCUT2D eigenvalue weighted by atomic mass is 16.6. The normalized spacial score (nSPS) is 38.7. The molecule has 2 aromatic carbocycles. The third-order valence-corrected chi connectivity index (χ3v) is 16.1. The van der Waals surface area contributed by atoms with E-state index in [9.17, 15) is 14.7 Å². The van der Waals surface area contributed by atoms with Crippen LogP contribution in [-0.2, 0) is 50.6 Å². The molecule has 13 heteroatoms. The summed E-state index contributed by atoms with van der Waals surface area (Å²) in [6.45, 7) is 9.22. The van der Waals surface area contributed by atoms with E-state index in [1.54, 1.807) is 7.11 Å². The second-order valence-corrected chi connectivity index (χ2v) is 18.3. The number of benzene rings is 2. The number of para-hydroxylation sites is 1. The van der Waals surface area contributed by atoms with Crippen molar-refractivity contribution < 1.29 is 43.2 Å². The van der Waals surface area contributed by atoms with Crippen LogP contribution in [0.2, 0.25) is 0 Å². The smallest absolute Gasteiger partial charge is 0.344 e. The largest absolute Gasteiger partial charge is 0.496 e. The molecule has 1 saturated carbocycles. The maximum Gasteiger partial charge on any atom is 0.344 e. The van der Waals surface area contributed by atoms with Gasteiger partial charge in [0.05, 0.1) is 39.1 Å². The van der Waals surface area contributed by atoms with Crippen LogP contribution in [0, 0.1) is 11.3 Å². The molecule has 1 aromatic heterocycles. The molecule has 59 heavy (non-hydrogen) atoms. The third-order valence-electron chi connectivity index (χ3n) is 16.1. The molecule has 2 N–H and O–H groups in total. The number of esters is 3. The number of aliphatic hydroxyl groups is 1. The van der Waals surface area contributed by atoms with Gasteiger partial charge in [0.2, 0.25) is 5.60 Å². The molecule has 0 amide bonds. The Morgan fingerprint density at radius 3 is 2.49 bits per heavy atom. The first-order chi connectivity index (χ1) is 28.3. The lowest BCUT2D eigenvalue weighted by molar-refractivity contribution is -0.228. The molecule has 3 saturated heterocycles. The Kier molecular flexibility index (Phi) is 8.56. The highest BCUT2D eigenvalue weighted by molar-refractivity contribution is 5.95. The molecule has 3 bridgehead atoms. The molecule has 13 nitrogen and oxygen atoms in total. The molecule has 11 atom stereocenters. The molecular weight excluding hydrogens is 753 g/mol. The lowest BCUT2D eigenvalue weighted by atomic mass is 9.47. The van der Waals surface area contributed by atoms with Crippen LogP contribution < -0.4 is 9.64 Å². The highest BCUT2D eigenvalue weighted by Crippen LogP contribution is 2.68. The summed E-state index contributed by atoms with van der Waals surface area (Å²) in [5.74, 6) is -1.45. The van der Waals surface area contributed by atoms with Gasteiger partial charge in [0.1, 0.15) is 5.75 Å². The predicted octanol–water partition coefficient (Wildman–Crippen LogP) is 4.01. The topological polar surface area (TPSA) is 143 Å². The van der Waals surface area contributed by atoms with Crippen LogP contribution in [0.3, 0.4) is 0 Å². The van der Waals surface area contributed by atoms with Gasteiger partial charge in [0, 0.05) is 96.9 Å². The van der Waals surface area contributed by atoms with E-state index in [2.05, 4.69) is 52.1 Å². The number of methoxy groups -OCH3 is 3. The standard InChI is InChI=1S/C46H56N4O9/c1-8-42-23-27-24-49(25-42)19-15-29-28-13-10-11-14-32(28)47-35(29)45(36(27)59-42,40(52)56-6)31-21-30-33(22-34(31)55-5)48(4)38-44(30)17-20-50-18-12-16-43(9-2,37(44)50)39(58-26(3)51)46(38,54)41(53)57-7/h10-14,16,21-22,27,36-39,47,54H,8-9,15,17-20,23-25H2,1-7H3. The number of carbonyl (C=O) groups is 3. The van der Waals surface area contributed by atoms with Gasteiger partial charge in [-0.25, -0.2) is 4.79 Å². The number of likely N-dealkylation sites (N-methyl/N-ethyl adjacent to an activating group) is 1. The minimum Gasteiger partial charge on any atom is -0.496 e. The number of ether oxygens (including phenoxy) is 5. The summed E-state index contributed by atoms with van der Waals surface area (Å²) in [4.78, 5) is 53.7. The second kappa shape index (κ2) is 13.0. The minimum atomic E-state index is -2.29. The van der Waals surface area contributed by atoms with Crippen molar-refractivity contribution in [2.75, 3.05) is 66.0 Å². The van der Waals surface area contributed by atoms with Crippen molar-refractivity contribution in [2.24, 2.45) is 11.3 Å². The number of hydrogen-bond acceptors (Lipinski definition) is 12. The van der Waals surface area contributed by atoms with E-state index in [1.165, 1.54) is 21.1 Å². The molecule has 11 unspecified atom stereocenters. The first-order valence-corrected chi connectivity index (χ1v) is 21.3. The van der Waals surface area contributed by atoms with E-state index in [0.717, 1.165) is 65.9 Å².